The van der Waals surface area contributed by atoms with Crippen molar-refractivity contribution < 1.29 is 24.1 Å². The van der Waals surface area contributed by atoms with Gasteiger partial charge in [-0.25, -0.2) is 5.01 Å². The first-order chi connectivity index (χ1) is 15.6. The van der Waals surface area contributed by atoms with E-state index < -0.39 is 6.23 Å². The van der Waals surface area contributed by atoms with Gasteiger partial charge < -0.3 is 24.1 Å². The maximum absolute atomic E-state index is 10.5. The second-order valence-corrected chi connectivity index (χ2v) is 7.65. The number of hydrazone groups is 1. The third-order valence-corrected chi connectivity index (χ3v) is 5.92. The van der Waals surface area contributed by atoms with E-state index in [2.05, 4.69) is 0 Å². The maximum Gasteiger partial charge on any atom is 0.214 e. The summed E-state index contributed by atoms with van der Waals surface area (Å²) < 4.78 is 22.7. The lowest BCUT2D eigenvalue weighted by atomic mass is 9.95. The molecule has 1 N–H and O–H groups in total. The second kappa shape index (κ2) is 8.00. The summed E-state index contributed by atoms with van der Waals surface area (Å²) in [5.41, 5.74) is 3.35. The average molecular weight is 432 g/mol. The van der Waals surface area contributed by atoms with Gasteiger partial charge in [-0.3, -0.25) is 0 Å². The molecule has 2 aliphatic heterocycles. The fourth-order valence-corrected chi connectivity index (χ4v) is 4.27. The molecule has 7 heteroatoms. The van der Waals surface area contributed by atoms with Gasteiger partial charge in [-0.05, 0) is 48.5 Å². The van der Waals surface area contributed by atoms with Crippen molar-refractivity contribution in [1.82, 2.24) is 5.01 Å². The van der Waals surface area contributed by atoms with Gasteiger partial charge >= 0.3 is 0 Å². The number of hydrogen-bond donors (Lipinski definition) is 1. The van der Waals surface area contributed by atoms with Crippen LogP contribution in [-0.4, -0.2) is 37.2 Å². The zero-order chi connectivity index (χ0) is 22.2. The third-order valence-electron chi connectivity index (χ3n) is 5.92. The van der Waals surface area contributed by atoms with Crippen LogP contribution in [0.3, 0.4) is 0 Å². The lowest BCUT2D eigenvalue weighted by Crippen LogP contribution is -2.33. The number of methoxy groups -OCH3 is 3. The number of phenols is 1. The topological polar surface area (TPSA) is 72.8 Å². The van der Waals surface area contributed by atoms with Crippen molar-refractivity contribution >= 4 is 5.71 Å². The molecular formula is C25H24N2O5. The first-order valence-corrected chi connectivity index (χ1v) is 10.3. The standard InChI is InChI=1S/C25H24N2O5/c1-29-16-9-7-15(8-10-16)25-27-21(18-5-4-6-23(31-3)24(18)32-25)14-20(26-27)19-13-17(30-2)11-12-22(19)28/h4-13,21,25,28H,14H2,1-3H3/t21-,25+/m1/s1. The number of benzene rings is 3. The predicted molar refractivity (Wildman–Crippen MR) is 120 cm³/mol. The van der Waals surface area contributed by atoms with Crippen molar-refractivity contribution in [2.24, 2.45) is 5.10 Å². The zero-order valence-electron chi connectivity index (χ0n) is 18.1. The SMILES string of the molecule is COc1ccc([C@@H]2Oc3c(OC)cccc3[C@H]3CC(c4cc(OC)ccc4O)=NN32)cc1. The van der Waals surface area contributed by atoms with Gasteiger partial charge in [-0.1, -0.05) is 12.1 Å². The smallest absolute Gasteiger partial charge is 0.214 e. The van der Waals surface area contributed by atoms with Gasteiger partial charge in [0.25, 0.3) is 0 Å². The number of hydrogen-bond acceptors (Lipinski definition) is 7. The van der Waals surface area contributed by atoms with E-state index in [1.54, 1.807) is 33.5 Å². The van der Waals surface area contributed by atoms with Crippen LogP contribution in [0.4, 0.5) is 0 Å². The normalized spacial score (nSPS) is 18.8. The number of rotatable bonds is 5. The minimum Gasteiger partial charge on any atom is -0.507 e. The van der Waals surface area contributed by atoms with E-state index in [0.29, 0.717) is 29.2 Å². The minimum atomic E-state index is -0.458. The molecule has 0 amide bonds. The fraction of sp³-hybridized carbons (Fsp3) is 0.240. The van der Waals surface area contributed by atoms with Gasteiger partial charge in [0.1, 0.15) is 17.2 Å². The second-order valence-electron chi connectivity index (χ2n) is 7.65. The number of aromatic hydroxyl groups is 1. The number of nitrogens with zero attached hydrogens (tertiary/aromatic N) is 2. The Morgan fingerprint density at radius 2 is 1.69 bits per heavy atom. The molecule has 0 spiro atoms. The maximum atomic E-state index is 10.5. The number of para-hydroxylation sites is 1. The van der Waals surface area contributed by atoms with E-state index in [-0.39, 0.29) is 11.8 Å². The molecule has 2 aliphatic rings. The summed E-state index contributed by atoms with van der Waals surface area (Å²) in [5.74, 6) is 2.99. The summed E-state index contributed by atoms with van der Waals surface area (Å²) in [4.78, 5) is 0. The molecule has 0 fully saturated rings. The van der Waals surface area contributed by atoms with Gasteiger partial charge in [-0.2, -0.15) is 5.10 Å². The van der Waals surface area contributed by atoms with Gasteiger partial charge in [-0.15, -0.1) is 0 Å². The quantitative estimate of drug-likeness (QED) is 0.632. The highest BCUT2D eigenvalue weighted by molar-refractivity contribution is 6.04. The highest BCUT2D eigenvalue weighted by atomic mass is 16.5. The monoisotopic (exact) mass is 432 g/mol. The molecule has 7 nitrogen and oxygen atoms in total. The summed E-state index contributed by atoms with van der Waals surface area (Å²) in [6.45, 7) is 0. The highest BCUT2D eigenvalue weighted by Crippen LogP contribution is 2.51. The molecule has 0 aliphatic carbocycles. The van der Waals surface area contributed by atoms with E-state index in [1.165, 1.54) is 0 Å². The molecule has 164 valence electrons. The van der Waals surface area contributed by atoms with Crippen LogP contribution < -0.4 is 18.9 Å². The number of phenolic OH excluding ortho intramolecular Hbond substituents is 1. The largest absolute Gasteiger partial charge is 0.507 e. The first-order valence-electron chi connectivity index (χ1n) is 10.3. The molecule has 0 aromatic heterocycles. The molecule has 0 radical (unpaired) electrons. The Morgan fingerprint density at radius 1 is 0.938 bits per heavy atom. The molecule has 5 rings (SSSR count). The Bertz CT molecular complexity index is 1180. The minimum absolute atomic E-state index is 0.0680. The molecular weight excluding hydrogens is 408 g/mol. The van der Waals surface area contributed by atoms with Crippen molar-refractivity contribution in [3.05, 3.63) is 77.4 Å². The van der Waals surface area contributed by atoms with Crippen LogP contribution in [0.5, 0.6) is 28.7 Å². The molecule has 2 atom stereocenters. The molecule has 0 saturated carbocycles. The lowest BCUT2D eigenvalue weighted by molar-refractivity contribution is -0.0209. The molecule has 0 unspecified atom stereocenters. The van der Waals surface area contributed by atoms with E-state index >= 15 is 0 Å². The average Bonchev–Trinajstić information content (AvgIpc) is 3.29. The summed E-state index contributed by atoms with van der Waals surface area (Å²) >= 11 is 0. The van der Waals surface area contributed by atoms with E-state index in [4.69, 9.17) is 24.0 Å². The summed E-state index contributed by atoms with van der Waals surface area (Å²) in [5, 5.41) is 17.4. The Hall–Kier alpha value is -3.87. The third kappa shape index (κ3) is 3.26. The Labute approximate surface area is 186 Å². The summed E-state index contributed by atoms with van der Waals surface area (Å²) in [6.07, 6.45) is 0.150. The molecule has 0 bridgehead atoms. The molecule has 3 aromatic carbocycles. The molecule has 0 saturated heterocycles. The van der Waals surface area contributed by atoms with Gasteiger partial charge in [0.15, 0.2) is 11.5 Å². The van der Waals surface area contributed by atoms with Gasteiger partial charge in [0.05, 0.1) is 33.1 Å². The fourth-order valence-electron chi connectivity index (χ4n) is 4.27. The molecule has 2 heterocycles. The van der Waals surface area contributed by atoms with E-state index in [0.717, 1.165) is 22.6 Å². The number of ether oxygens (including phenoxy) is 4. The summed E-state index contributed by atoms with van der Waals surface area (Å²) in [6, 6.07) is 18.7. The Morgan fingerprint density at radius 3 is 2.41 bits per heavy atom. The molecule has 32 heavy (non-hydrogen) atoms. The van der Waals surface area contributed by atoms with Crippen molar-refractivity contribution in [1.29, 1.82) is 0 Å². The summed E-state index contributed by atoms with van der Waals surface area (Å²) in [7, 11) is 4.88. The van der Waals surface area contributed by atoms with Crippen LogP contribution in [0, 0.1) is 0 Å². The van der Waals surface area contributed by atoms with Crippen LogP contribution in [0.25, 0.3) is 0 Å². The van der Waals surface area contributed by atoms with Crippen molar-refractivity contribution in [3.63, 3.8) is 0 Å². The van der Waals surface area contributed by atoms with Crippen LogP contribution in [-0.2, 0) is 0 Å². The highest BCUT2D eigenvalue weighted by Gasteiger charge is 2.42. The number of fused-ring (bicyclic) bond motifs is 3. The van der Waals surface area contributed by atoms with Crippen molar-refractivity contribution in [3.8, 4) is 28.7 Å². The Kier molecular flexibility index (Phi) is 5.01. The van der Waals surface area contributed by atoms with Crippen LogP contribution in [0.15, 0.2) is 65.8 Å². The predicted octanol–water partition coefficient (Wildman–Crippen LogP) is 4.66. The lowest BCUT2D eigenvalue weighted by Gasteiger charge is -2.38. The van der Waals surface area contributed by atoms with Crippen molar-refractivity contribution in [2.75, 3.05) is 21.3 Å². The van der Waals surface area contributed by atoms with Crippen LogP contribution in [0.1, 0.15) is 35.4 Å². The zero-order valence-corrected chi connectivity index (χ0v) is 18.1. The van der Waals surface area contributed by atoms with Gasteiger partial charge in [0.2, 0.25) is 6.23 Å². The van der Waals surface area contributed by atoms with E-state index in [1.807, 2.05) is 53.5 Å². The molecule has 3 aromatic rings. The van der Waals surface area contributed by atoms with Gasteiger partial charge in [0, 0.05) is 23.1 Å². The first kappa shape index (κ1) is 20.1. The van der Waals surface area contributed by atoms with E-state index in [9.17, 15) is 5.11 Å². The Balaban J connectivity index is 1.61. The van der Waals surface area contributed by atoms with Crippen LogP contribution >= 0.6 is 0 Å². The van der Waals surface area contributed by atoms with Crippen LogP contribution in [0.2, 0.25) is 0 Å². The van der Waals surface area contributed by atoms with Crippen molar-refractivity contribution in [2.45, 2.75) is 18.7 Å².